The number of rotatable bonds is 7. The Morgan fingerprint density at radius 3 is 2.66 bits per heavy atom. The normalized spacial score (nSPS) is 27.5. The quantitative estimate of drug-likeness (QED) is 0.205. The van der Waals surface area contributed by atoms with Crippen LogP contribution >= 0.6 is 11.3 Å². The molecule has 3 aromatic rings. The first kappa shape index (κ1) is 37.1. The maximum atomic E-state index is 14.5. The van der Waals surface area contributed by atoms with Gasteiger partial charge in [-0.05, 0) is 81.8 Å². The molecule has 2 aliphatic carbocycles. The van der Waals surface area contributed by atoms with Crippen molar-refractivity contribution >= 4 is 55.0 Å². The number of hydrogen-bond donors (Lipinski definition) is 3. The van der Waals surface area contributed by atoms with E-state index < -0.39 is 79.7 Å². The van der Waals surface area contributed by atoms with Crippen LogP contribution in [0.4, 0.5) is 23.2 Å². The second kappa shape index (κ2) is 13.9. The van der Waals surface area contributed by atoms with Crippen LogP contribution in [0.3, 0.4) is 0 Å². The smallest absolute Gasteiger partial charge is 0.416 e. The highest BCUT2D eigenvalue weighted by Gasteiger charge is 2.63. The Morgan fingerprint density at radius 2 is 1.91 bits per heavy atom. The summed E-state index contributed by atoms with van der Waals surface area (Å²) < 4.78 is 88.6. The molecule has 0 bridgehead atoms. The number of anilines is 1. The monoisotopic (exact) mass is 777 g/mol. The van der Waals surface area contributed by atoms with Crippen molar-refractivity contribution < 1.29 is 45.1 Å². The van der Waals surface area contributed by atoms with Gasteiger partial charge < -0.3 is 20.3 Å². The van der Waals surface area contributed by atoms with E-state index in [-0.39, 0.29) is 36.7 Å². The minimum absolute atomic E-state index is 0.0350. The van der Waals surface area contributed by atoms with Crippen LogP contribution in [0.2, 0.25) is 0 Å². The van der Waals surface area contributed by atoms with Gasteiger partial charge in [-0.1, -0.05) is 42.4 Å². The third kappa shape index (κ3) is 7.72. The Balaban J connectivity index is 1.19. The molecule has 2 aromatic carbocycles. The molecule has 0 radical (unpaired) electrons. The summed E-state index contributed by atoms with van der Waals surface area (Å²) in [6, 6.07) is 6.41. The van der Waals surface area contributed by atoms with E-state index in [0.717, 1.165) is 29.9 Å². The highest BCUT2D eigenvalue weighted by molar-refractivity contribution is 7.91. The molecule has 2 aliphatic heterocycles. The lowest BCUT2D eigenvalue weighted by Gasteiger charge is -2.30. The van der Waals surface area contributed by atoms with Gasteiger partial charge >= 0.3 is 6.18 Å². The molecule has 17 heteroatoms. The van der Waals surface area contributed by atoms with Gasteiger partial charge in [-0.25, -0.2) is 17.8 Å². The molecule has 3 heterocycles. The van der Waals surface area contributed by atoms with E-state index in [1.807, 2.05) is 12.2 Å². The summed E-state index contributed by atoms with van der Waals surface area (Å²) in [5.41, 5.74) is -1.89. The lowest BCUT2D eigenvalue weighted by atomic mass is 10.0. The zero-order chi connectivity index (χ0) is 37.8. The van der Waals surface area contributed by atoms with E-state index in [2.05, 4.69) is 20.3 Å². The number of carbonyl (C=O) groups is 3. The number of aromatic nitrogens is 1. The number of nitrogens with zero attached hydrogens (tertiary/aromatic N) is 2. The molecule has 1 saturated heterocycles. The largest absolute Gasteiger partial charge is 0.465 e. The first-order chi connectivity index (χ1) is 25.1. The number of amides is 3. The zero-order valence-corrected chi connectivity index (χ0v) is 30.4. The highest BCUT2D eigenvalue weighted by Crippen LogP contribution is 2.47. The van der Waals surface area contributed by atoms with Crippen molar-refractivity contribution in [1.29, 1.82) is 0 Å². The Hall–Kier alpha value is -4.25. The van der Waals surface area contributed by atoms with Crippen LogP contribution in [0.25, 0.3) is 10.2 Å². The Morgan fingerprint density at radius 1 is 1.11 bits per heavy atom. The Kier molecular flexibility index (Phi) is 9.70. The highest BCUT2D eigenvalue weighted by atomic mass is 32.2. The maximum absolute atomic E-state index is 14.5. The number of hydrogen-bond acceptors (Lipinski definition) is 9. The fraction of sp³-hybridized carbons (Fsp3) is 0.500. The van der Waals surface area contributed by atoms with Crippen molar-refractivity contribution in [2.75, 3.05) is 11.9 Å². The van der Waals surface area contributed by atoms with Crippen LogP contribution in [0, 0.1) is 11.7 Å². The molecule has 1 aromatic heterocycles. The number of allylic oxidation sites excluding steroid dienone is 1. The number of alkyl halides is 3. The first-order valence-corrected chi connectivity index (χ1v) is 19.9. The zero-order valence-electron chi connectivity index (χ0n) is 28.7. The van der Waals surface area contributed by atoms with E-state index >= 15 is 0 Å². The second-order valence-electron chi connectivity index (χ2n) is 14.6. The Bertz CT molecular complexity index is 2070. The number of carbonyl (C=O) groups excluding carboxylic acids is 3. The van der Waals surface area contributed by atoms with E-state index in [1.165, 1.54) is 35.2 Å². The molecular formula is C36H39F4N5O6S2. The van der Waals surface area contributed by atoms with Gasteiger partial charge in [-0.3, -0.25) is 19.1 Å². The van der Waals surface area contributed by atoms with Crippen molar-refractivity contribution in [2.24, 2.45) is 5.92 Å². The number of benzene rings is 2. The number of nitrogens with one attached hydrogen (secondary N) is 3. The molecular weight excluding hydrogens is 739 g/mol. The van der Waals surface area contributed by atoms with Crippen molar-refractivity contribution in [3.05, 3.63) is 66.0 Å². The molecule has 7 rings (SSSR count). The molecule has 3 fully saturated rings. The summed E-state index contributed by atoms with van der Waals surface area (Å²) in [5, 5.41) is 5.98. The number of thiazole rings is 1. The fourth-order valence-electron chi connectivity index (χ4n) is 7.00. The van der Waals surface area contributed by atoms with Gasteiger partial charge in [0.05, 0.1) is 27.1 Å². The average molecular weight is 778 g/mol. The lowest BCUT2D eigenvalue weighted by molar-refractivity contribution is -0.140. The fourth-order valence-corrected chi connectivity index (χ4v) is 9.22. The van der Waals surface area contributed by atoms with Gasteiger partial charge in [0.25, 0.3) is 11.1 Å². The van der Waals surface area contributed by atoms with Gasteiger partial charge in [0, 0.05) is 18.0 Å². The van der Waals surface area contributed by atoms with E-state index in [4.69, 9.17) is 4.74 Å². The Labute approximate surface area is 307 Å². The molecule has 5 atom stereocenters. The molecule has 3 amide bonds. The third-order valence-electron chi connectivity index (χ3n) is 10.6. The summed E-state index contributed by atoms with van der Waals surface area (Å²) in [6.07, 6.45) is 2.08. The molecule has 3 N–H and O–H groups in total. The molecule has 4 aliphatic rings. The summed E-state index contributed by atoms with van der Waals surface area (Å²) >= 11 is 1.09. The first-order valence-electron chi connectivity index (χ1n) is 17.6. The molecule has 0 unspecified atom stereocenters. The van der Waals surface area contributed by atoms with E-state index in [1.54, 1.807) is 6.92 Å². The minimum Gasteiger partial charge on any atom is -0.465 e. The van der Waals surface area contributed by atoms with Crippen molar-refractivity contribution in [3.63, 3.8) is 0 Å². The summed E-state index contributed by atoms with van der Waals surface area (Å²) in [4.78, 5) is 48.2. The van der Waals surface area contributed by atoms with Gasteiger partial charge in [-0.15, -0.1) is 0 Å². The van der Waals surface area contributed by atoms with Gasteiger partial charge in [-0.2, -0.15) is 13.2 Å². The lowest BCUT2D eigenvalue weighted by Crippen LogP contribution is -2.58. The SMILES string of the molecule is CC1(S(=O)(=O)NC(=O)[C@@]23C[C@H]2C=CCCCCC[C@H](Nc2cccc(C(F)(F)F)c2)C(=O)N2C[C@H](Oc4nc5ccc(F)cc5s4)C[C@H]2C(=O)N3)CC1. The minimum atomic E-state index is -4.61. The summed E-state index contributed by atoms with van der Waals surface area (Å²) in [7, 11) is -4.03. The van der Waals surface area contributed by atoms with Crippen LogP contribution in [0.1, 0.15) is 70.3 Å². The molecule has 53 heavy (non-hydrogen) atoms. The van der Waals surface area contributed by atoms with E-state index in [9.17, 15) is 40.4 Å². The van der Waals surface area contributed by atoms with Crippen molar-refractivity contribution in [3.8, 4) is 5.19 Å². The van der Waals surface area contributed by atoms with Crippen LogP contribution in [-0.4, -0.2) is 71.0 Å². The number of sulfonamides is 1. The van der Waals surface area contributed by atoms with Gasteiger partial charge in [0.2, 0.25) is 21.8 Å². The van der Waals surface area contributed by atoms with Crippen LogP contribution in [0.5, 0.6) is 5.19 Å². The average Bonchev–Trinajstić information content (AvgIpc) is 3.91. The molecule has 284 valence electrons. The molecule has 0 spiro atoms. The number of fused-ring (bicyclic) bond motifs is 3. The van der Waals surface area contributed by atoms with Crippen LogP contribution < -0.4 is 20.1 Å². The summed E-state index contributed by atoms with van der Waals surface area (Å²) in [6.45, 7) is 1.45. The molecule has 2 saturated carbocycles. The molecule has 11 nitrogen and oxygen atoms in total. The standard InChI is InChI=1S/C36H39F4N5O6S2/c1-34(14-15-34)53(49,50)44-32(48)35-19-22(35)8-5-3-2-4-6-11-27(41-24-10-7-9-21(16-24)36(38,39)40)31(47)45-20-25(18-28(45)30(46)43-35)51-33-42-26-13-12-23(37)17-29(26)52-33/h5,7-10,12-13,16-17,22,25,27-28,41H,2-4,6,11,14-15,18-20H2,1H3,(H,43,46)(H,44,48)/t22-,25-,27+,28+,35-/m1/s1. The number of halogens is 4. The topological polar surface area (TPSA) is 147 Å². The number of ether oxygens (including phenoxy) is 1. The predicted octanol–water partition coefficient (Wildman–Crippen LogP) is 5.68. The van der Waals surface area contributed by atoms with Crippen molar-refractivity contribution in [1.82, 2.24) is 19.9 Å². The third-order valence-corrected chi connectivity index (χ3v) is 13.7. The van der Waals surface area contributed by atoms with Crippen molar-refractivity contribution in [2.45, 2.75) is 99.4 Å². The van der Waals surface area contributed by atoms with Crippen LogP contribution in [-0.2, 0) is 30.6 Å². The van der Waals surface area contributed by atoms with E-state index in [0.29, 0.717) is 42.3 Å². The predicted molar refractivity (Wildman–Crippen MR) is 189 cm³/mol. The van der Waals surface area contributed by atoms with Gasteiger partial charge in [0.1, 0.15) is 29.5 Å². The second-order valence-corrected chi connectivity index (χ2v) is 17.8. The van der Waals surface area contributed by atoms with Gasteiger partial charge in [0.15, 0.2) is 0 Å². The van der Waals surface area contributed by atoms with Crippen LogP contribution in [0.15, 0.2) is 54.6 Å². The maximum Gasteiger partial charge on any atom is 0.416 e. The summed E-state index contributed by atoms with van der Waals surface area (Å²) in [5.74, 6) is -3.05.